The maximum Gasteiger partial charge on any atom is 0.415 e. The predicted molar refractivity (Wildman–Crippen MR) is 130 cm³/mol. The van der Waals surface area contributed by atoms with Gasteiger partial charge in [0.1, 0.15) is 5.75 Å². The zero-order valence-corrected chi connectivity index (χ0v) is 18.7. The van der Waals surface area contributed by atoms with Gasteiger partial charge in [0, 0.05) is 50.3 Å². The van der Waals surface area contributed by atoms with Gasteiger partial charge in [-0.2, -0.15) is 0 Å². The summed E-state index contributed by atoms with van der Waals surface area (Å²) in [6.07, 6.45) is 1.71. The fourth-order valence-electron chi connectivity index (χ4n) is 4.91. The lowest BCUT2D eigenvalue weighted by molar-refractivity contribution is 0.139. The van der Waals surface area contributed by atoms with Crippen molar-refractivity contribution in [2.45, 2.75) is 18.8 Å². The largest absolute Gasteiger partial charge is 0.415 e. The molecule has 0 N–H and O–H groups in total. The molecule has 0 radical (unpaired) electrons. The fourth-order valence-corrected chi connectivity index (χ4v) is 4.91. The normalized spacial score (nSPS) is 18.2. The Balaban J connectivity index is 1.27. The molecule has 166 valence electrons. The molecule has 0 aliphatic carbocycles. The van der Waals surface area contributed by atoms with Crippen molar-refractivity contribution in [3.63, 3.8) is 0 Å². The molecule has 0 unspecified atom stereocenters. The average molecular weight is 430 g/mol. The highest BCUT2D eigenvalue weighted by atomic mass is 16.6. The number of anilines is 1. The lowest BCUT2D eigenvalue weighted by Gasteiger charge is -2.34. The van der Waals surface area contributed by atoms with Crippen molar-refractivity contribution in [1.82, 2.24) is 9.80 Å². The van der Waals surface area contributed by atoms with E-state index in [1.54, 1.807) is 0 Å². The van der Waals surface area contributed by atoms with Crippen LogP contribution in [0.2, 0.25) is 0 Å². The summed E-state index contributed by atoms with van der Waals surface area (Å²) < 4.78 is 5.82. The molecule has 2 heterocycles. The molecule has 3 aromatic rings. The van der Waals surface area contributed by atoms with Gasteiger partial charge >= 0.3 is 6.09 Å². The van der Waals surface area contributed by atoms with Crippen molar-refractivity contribution in [3.8, 4) is 5.75 Å². The number of hydrogen-bond donors (Lipinski definition) is 0. The quantitative estimate of drug-likeness (QED) is 0.589. The second-order valence-electron chi connectivity index (χ2n) is 8.99. The Bertz CT molecular complexity index is 1070. The van der Waals surface area contributed by atoms with Crippen LogP contribution < -0.4 is 9.64 Å². The molecule has 0 aromatic heterocycles. The number of amides is 1. The molecule has 0 spiro atoms. The number of rotatable bonds is 3. The summed E-state index contributed by atoms with van der Waals surface area (Å²) in [5, 5.41) is 2.31. The number of likely N-dealkylation sites (tertiary alicyclic amines) is 1. The number of benzene rings is 3. The van der Waals surface area contributed by atoms with Crippen molar-refractivity contribution in [1.29, 1.82) is 0 Å². The molecule has 0 bridgehead atoms. The van der Waals surface area contributed by atoms with Crippen molar-refractivity contribution in [3.05, 3.63) is 72.3 Å². The Hall–Kier alpha value is -3.05. The molecule has 2 aliphatic heterocycles. The van der Waals surface area contributed by atoms with Gasteiger partial charge in [0.2, 0.25) is 0 Å². The van der Waals surface area contributed by atoms with Crippen molar-refractivity contribution >= 4 is 22.6 Å². The first-order valence-corrected chi connectivity index (χ1v) is 11.7. The first-order chi connectivity index (χ1) is 15.7. The van der Waals surface area contributed by atoms with Crippen LogP contribution in [0, 0.1) is 0 Å². The van der Waals surface area contributed by atoms with E-state index in [4.69, 9.17) is 4.74 Å². The Labute approximate surface area is 190 Å². The molecule has 0 atom stereocenters. The smallest absolute Gasteiger partial charge is 0.410 e. The summed E-state index contributed by atoms with van der Waals surface area (Å²) in [6, 6.07) is 23.0. The van der Waals surface area contributed by atoms with E-state index in [1.807, 2.05) is 17.0 Å². The highest BCUT2D eigenvalue weighted by Crippen LogP contribution is 2.32. The number of ether oxygens (including phenoxy) is 1. The van der Waals surface area contributed by atoms with Crippen LogP contribution in [0.15, 0.2) is 66.7 Å². The minimum Gasteiger partial charge on any atom is -0.410 e. The van der Waals surface area contributed by atoms with E-state index >= 15 is 0 Å². The van der Waals surface area contributed by atoms with Crippen LogP contribution in [0.5, 0.6) is 5.75 Å². The van der Waals surface area contributed by atoms with E-state index < -0.39 is 0 Å². The van der Waals surface area contributed by atoms with Crippen LogP contribution in [0.1, 0.15) is 24.3 Å². The van der Waals surface area contributed by atoms with Gasteiger partial charge in [0.25, 0.3) is 0 Å². The summed E-state index contributed by atoms with van der Waals surface area (Å²) in [6.45, 7) is 5.61. The standard InChI is InChI=1S/C27H31N3O2/c1-28-16-18-29(19-17-28)26-9-5-8-23-10-11-24(20-25(23)26)32-27(31)30-14-12-22(13-15-30)21-6-3-2-4-7-21/h2-11,20,22H,12-19H2,1H3. The number of nitrogens with zero attached hydrogens (tertiary/aromatic N) is 3. The molecule has 5 nitrogen and oxygen atoms in total. The second kappa shape index (κ2) is 9.21. The van der Waals surface area contributed by atoms with E-state index in [1.165, 1.54) is 16.6 Å². The highest BCUT2D eigenvalue weighted by molar-refractivity contribution is 5.95. The van der Waals surface area contributed by atoms with Crippen LogP contribution in [-0.4, -0.2) is 62.2 Å². The van der Waals surface area contributed by atoms with Gasteiger partial charge in [-0.05, 0) is 55.0 Å². The summed E-state index contributed by atoms with van der Waals surface area (Å²) in [5.41, 5.74) is 2.59. The maximum atomic E-state index is 12.9. The molecule has 1 amide bonds. The number of carbonyl (C=O) groups is 1. The van der Waals surface area contributed by atoms with Gasteiger partial charge in [0.15, 0.2) is 0 Å². The topological polar surface area (TPSA) is 36.0 Å². The van der Waals surface area contributed by atoms with Crippen LogP contribution in [0.3, 0.4) is 0 Å². The van der Waals surface area contributed by atoms with Gasteiger partial charge in [-0.15, -0.1) is 0 Å². The molecule has 5 heteroatoms. The zero-order valence-electron chi connectivity index (χ0n) is 18.7. The van der Waals surface area contributed by atoms with Crippen molar-refractivity contribution < 1.29 is 9.53 Å². The van der Waals surface area contributed by atoms with Crippen molar-refractivity contribution in [2.24, 2.45) is 0 Å². The third-order valence-corrected chi connectivity index (χ3v) is 6.90. The molecule has 2 aliphatic rings. The number of hydrogen-bond acceptors (Lipinski definition) is 4. The number of carbonyl (C=O) groups excluding carboxylic acids is 1. The molecule has 0 saturated carbocycles. The Morgan fingerprint density at radius 3 is 2.34 bits per heavy atom. The molecule has 2 fully saturated rings. The predicted octanol–water partition coefficient (Wildman–Crippen LogP) is 4.97. The molecular weight excluding hydrogens is 398 g/mol. The Morgan fingerprint density at radius 2 is 1.59 bits per heavy atom. The minimum absolute atomic E-state index is 0.243. The number of likely N-dealkylation sites (N-methyl/N-ethyl adjacent to an activating group) is 1. The van der Waals surface area contributed by atoms with E-state index in [-0.39, 0.29) is 6.09 Å². The lowest BCUT2D eigenvalue weighted by Crippen LogP contribution is -2.44. The van der Waals surface area contributed by atoms with Crippen LogP contribution >= 0.6 is 0 Å². The van der Waals surface area contributed by atoms with Gasteiger partial charge in [-0.3, -0.25) is 0 Å². The highest BCUT2D eigenvalue weighted by Gasteiger charge is 2.25. The molecular formula is C27H31N3O2. The molecule has 3 aromatic carbocycles. The van der Waals surface area contributed by atoms with Crippen LogP contribution in [0.25, 0.3) is 10.8 Å². The summed E-state index contributed by atoms with van der Waals surface area (Å²) in [7, 11) is 2.17. The maximum absolute atomic E-state index is 12.9. The van der Waals surface area contributed by atoms with Crippen molar-refractivity contribution in [2.75, 3.05) is 51.2 Å². The monoisotopic (exact) mass is 429 g/mol. The number of piperidine rings is 1. The number of piperazine rings is 1. The van der Waals surface area contributed by atoms with E-state index in [0.29, 0.717) is 11.7 Å². The molecule has 32 heavy (non-hydrogen) atoms. The van der Waals surface area contributed by atoms with Crippen LogP contribution in [0.4, 0.5) is 10.5 Å². The SMILES string of the molecule is CN1CCN(c2cccc3ccc(OC(=O)N4CCC(c5ccccc5)CC4)cc23)CC1. The van der Waals surface area contributed by atoms with E-state index in [9.17, 15) is 4.79 Å². The third-order valence-electron chi connectivity index (χ3n) is 6.90. The summed E-state index contributed by atoms with van der Waals surface area (Å²) >= 11 is 0. The third kappa shape index (κ3) is 4.44. The lowest BCUT2D eigenvalue weighted by atomic mass is 9.90. The van der Waals surface area contributed by atoms with E-state index in [2.05, 4.69) is 71.4 Å². The first kappa shape index (κ1) is 20.8. The molecule has 5 rings (SSSR count). The average Bonchev–Trinajstić information content (AvgIpc) is 2.85. The van der Waals surface area contributed by atoms with E-state index in [0.717, 1.165) is 57.5 Å². The van der Waals surface area contributed by atoms with Crippen LogP contribution in [-0.2, 0) is 0 Å². The summed E-state index contributed by atoms with van der Waals surface area (Å²) in [4.78, 5) is 19.5. The van der Waals surface area contributed by atoms with Gasteiger partial charge < -0.3 is 19.4 Å². The zero-order chi connectivity index (χ0) is 21.9. The van der Waals surface area contributed by atoms with Gasteiger partial charge in [0.05, 0.1) is 0 Å². The summed E-state index contributed by atoms with van der Waals surface area (Å²) in [5.74, 6) is 1.14. The van der Waals surface area contributed by atoms with Gasteiger partial charge in [-0.1, -0.05) is 48.5 Å². The Kier molecular flexibility index (Phi) is 5.99. The molecule has 2 saturated heterocycles. The Morgan fingerprint density at radius 1 is 0.844 bits per heavy atom. The fraction of sp³-hybridized carbons (Fsp3) is 0.370. The number of fused-ring (bicyclic) bond motifs is 1. The minimum atomic E-state index is -0.243. The second-order valence-corrected chi connectivity index (χ2v) is 8.99. The van der Waals surface area contributed by atoms with Gasteiger partial charge in [-0.25, -0.2) is 4.79 Å². The first-order valence-electron chi connectivity index (χ1n) is 11.7.